The maximum atomic E-state index is 13.9. The van der Waals surface area contributed by atoms with E-state index in [9.17, 15) is 23.1 Å². The maximum absolute atomic E-state index is 13.9. The molecular formula is C29H37N5O6S. The van der Waals surface area contributed by atoms with Crippen molar-refractivity contribution >= 4 is 27.7 Å². The molecule has 11 nitrogen and oxygen atoms in total. The summed E-state index contributed by atoms with van der Waals surface area (Å²) in [7, 11) is -0.652. The molecule has 2 aliphatic rings. The quantitative estimate of drug-likeness (QED) is 0.186. The Hall–Kier alpha value is -3.58. The number of nitrogens with zero attached hydrogens (tertiary/aromatic N) is 2. The van der Waals surface area contributed by atoms with Crippen LogP contribution in [0.1, 0.15) is 41.6 Å². The van der Waals surface area contributed by atoms with E-state index in [0.29, 0.717) is 17.7 Å². The fraction of sp³-hybridized carbons (Fsp3) is 0.414. The summed E-state index contributed by atoms with van der Waals surface area (Å²) in [6.07, 6.45) is 2.63. The third-order valence-corrected chi connectivity index (χ3v) is 9.22. The summed E-state index contributed by atoms with van der Waals surface area (Å²) in [6, 6.07) is 9.06. The molecule has 41 heavy (non-hydrogen) atoms. The number of hydrogen-bond acceptors (Lipinski definition) is 7. The van der Waals surface area contributed by atoms with E-state index in [4.69, 9.17) is 15.9 Å². The first-order valence-electron chi connectivity index (χ1n) is 13.4. The standard InChI is InChI=1S/C29H37N5O6S/c1-18-9-12-34(25(13-18)29(36)37)28(35)24(15-19-5-4-6-21(14-19)27(30)31)32-41(38,39)22-8-7-20-10-11-33(2)26(17-40-3)23(20)16-22/h4-9,14,16,24-26,32H,10-13,15,17H2,1-3H3,(H3,30,31)(H,36,37)/t24-,25+,26-/m0/s1. The molecule has 0 spiro atoms. The lowest BCUT2D eigenvalue weighted by molar-refractivity contribution is -0.150. The van der Waals surface area contributed by atoms with Crippen molar-refractivity contribution in [3.63, 3.8) is 0 Å². The van der Waals surface area contributed by atoms with Gasteiger partial charge in [0.05, 0.1) is 17.5 Å². The van der Waals surface area contributed by atoms with Gasteiger partial charge in [-0.1, -0.05) is 35.9 Å². The van der Waals surface area contributed by atoms with Crippen LogP contribution in [-0.4, -0.2) is 87.0 Å². The molecule has 1 amide bonds. The molecule has 3 atom stereocenters. The van der Waals surface area contributed by atoms with Crippen molar-refractivity contribution in [1.82, 2.24) is 14.5 Å². The van der Waals surface area contributed by atoms with Gasteiger partial charge in [0.25, 0.3) is 0 Å². The largest absolute Gasteiger partial charge is 0.480 e. The van der Waals surface area contributed by atoms with Gasteiger partial charge in [0.15, 0.2) is 0 Å². The summed E-state index contributed by atoms with van der Waals surface area (Å²) in [5.74, 6) is -1.97. The fourth-order valence-corrected chi connectivity index (χ4v) is 6.65. The van der Waals surface area contributed by atoms with Crippen LogP contribution in [0.3, 0.4) is 0 Å². The summed E-state index contributed by atoms with van der Waals surface area (Å²) in [5.41, 5.74) is 9.38. The molecule has 12 heteroatoms. The molecule has 4 rings (SSSR count). The number of likely N-dealkylation sites (N-methyl/N-ethyl adjacent to an activating group) is 1. The van der Waals surface area contributed by atoms with Crippen LogP contribution >= 0.6 is 0 Å². The lowest BCUT2D eigenvalue weighted by Gasteiger charge is -2.35. The number of nitrogen functional groups attached to an aromatic ring is 1. The Morgan fingerprint density at radius 1 is 1.24 bits per heavy atom. The minimum absolute atomic E-state index is 0.00658. The number of amidine groups is 1. The zero-order chi connectivity index (χ0) is 29.9. The van der Waals surface area contributed by atoms with Crippen molar-refractivity contribution in [3.05, 3.63) is 76.4 Å². The number of carbonyl (C=O) groups is 2. The van der Waals surface area contributed by atoms with Gasteiger partial charge in [-0.2, -0.15) is 4.72 Å². The average molecular weight is 584 g/mol. The molecule has 2 aromatic rings. The summed E-state index contributed by atoms with van der Waals surface area (Å²) < 4.78 is 35.5. The lowest BCUT2D eigenvalue weighted by Crippen LogP contribution is -2.55. The number of benzene rings is 2. The molecule has 2 heterocycles. The van der Waals surface area contributed by atoms with Crippen LogP contribution in [0.4, 0.5) is 0 Å². The average Bonchev–Trinajstić information content (AvgIpc) is 2.93. The molecular weight excluding hydrogens is 546 g/mol. The summed E-state index contributed by atoms with van der Waals surface area (Å²) in [4.78, 5) is 29.3. The molecule has 2 aromatic carbocycles. The van der Waals surface area contributed by atoms with E-state index < -0.39 is 34.0 Å². The summed E-state index contributed by atoms with van der Waals surface area (Å²) in [6.45, 7) is 3.06. The first-order valence-corrected chi connectivity index (χ1v) is 14.9. The number of ether oxygens (including phenoxy) is 1. The molecule has 0 saturated carbocycles. The number of nitrogens with two attached hydrogens (primary N) is 1. The molecule has 0 fully saturated rings. The molecule has 0 bridgehead atoms. The van der Waals surface area contributed by atoms with Gasteiger partial charge in [-0.15, -0.1) is 0 Å². The topological polar surface area (TPSA) is 166 Å². The predicted octanol–water partition coefficient (Wildman–Crippen LogP) is 1.67. The molecule has 220 valence electrons. The monoisotopic (exact) mass is 583 g/mol. The van der Waals surface area contributed by atoms with Crippen molar-refractivity contribution in [3.8, 4) is 0 Å². The molecule has 0 aromatic heterocycles. The maximum Gasteiger partial charge on any atom is 0.326 e. The number of carboxylic acids is 1. The van der Waals surface area contributed by atoms with Crippen LogP contribution in [-0.2, 0) is 37.2 Å². The molecule has 2 aliphatic heterocycles. The number of fused-ring (bicyclic) bond motifs is 1. The number of methoxy groups -OCH3 is 1. The smallest absolute Gasteiger partial charge is 0.326 e. The van der Waals surface area contributed by atoms with Crippen molar-refractivity contribution in [1.29, 1.82) is 5.41 Å². The van der Waals surface area contributed by atoms with Gasteiger partial charge in [0.1, 0.15) is 17.9 Å². The molecule has 0 unspecified atom stereocenters. The highest BCUT2D eigenvalue weighted by Gasteiger charge is 2.37. The Morgan fingerprint density at radius 3 is 2.68 bits per heavy atom. The van der Waals surface area contributed by atoms with Crippen LogP contribution in [0.25, 0.3) is 0 Å². The first-order chi connectivity index (χ1) is 19.4. The highest BCUT2D eigenvalue weighted by atomic mass is 32.2. The highest BCUT2D eigenvalue weighted by Crippen LogP contribution is 2.31. The van der Waals surface area contributed by atoms with Gasteiger partial charge in [-0.25, -0.2) is 13.2 Å². The van der Waals surface area contributed by atoms with Crippen LogP contribution in [0.2, 0.25) is 0 Å². The van der Waals surface area contributed by atoms with Crippen LogP contribution < -0.4 is 10.5 Å². The van der Waals surface area contributed by atoms with Crippen LogP contribution in [0.15, 0.2) is 59.0 Å². The second kappa shape index (κ2) is 12.5. The fourth-order valence-electron chi connectivity index (χ4n) is 5.42. The van der Waals surface area contributed by atoms with E-state index in [1.54, 1.807) is 56.5 Å². The van der Waals surface area contributed by atoms with Crippen LogP contribution in [0, 0.1) is 5.41 Å². The van der Waals surface area contributed by atoms with Crippen molar-refractivity contribution in [2.24, 2.45) is 5.73 Å². The van der Waals surface area contributed by atoms with E-state index in [2.05, 4.69) is 9.62 Å². The van der Waals surface area contributed by atoms with Gasteiger partial charge < -0.3 is 20.5 Å². The Balaban J connectivity index is 1.71. The second-order valence-corrected chi connectivity index (χ2v) is 12.4. The molecule has 0 radical (unpaired) electrons. The lowest BCUT2D eigenvalue weighted by atomic mass is 9.93. The predicted molar refractivity (Wildman–Crippen MR) is 154 cm³/mol. The molecule has 0 saturated heterocycles. The Kier molecular flexibility index (Phi) is 9.27. The zero-order valence-corrected chi connectivity index (χ0v) is 24.3. The SMILES string of the molecule is COC[C@H]1c2cc(S(=O)(=O)N[C@@H](Cc3cccc(C(=N)N)c3)C(=O)N3CC=C(C)C[C@@H]3C(=O)O)ccc2CCN1C. The third kappa shape index (κ3) is 6.84. The Labute approximate surface area is 240 Å². The molecule has 0 aliphatic carbocycles. The van der Waals surface area contributed by atoms with Gasteiger partial charge in [0.2, 0.25) is 15.9 Å². The molecule has 5 N–H and O–H groups in total. The van der Waals surface area contributed by atoms with Gasteiger partial charge in [0, 0.05) is 25.8 Å². The minimum Gasteiger partial charge on any atom is -0.480 e. The van der Waals surface area contributed by atoms with E-state index in [1.807, 2.05) is 7.05 Å². The second-order valence-electron chi connectivity index (χ2n) is 10.7. The van der Waals surface area contributed by atoms with Crippen LogP contribution in [0.5, 0.6) is 0 Å². The summed E-state index contributed by atoms with van der Waals surface area (Å²) >= 11 is 0. The third-order valence-electron chi connectivity index (χ3n) is 7.75. The van der Waals surface area contributed by atoms with Gasteiger partial charge in [-0.05, 0) is 68.1 Å². The normalized spacial score (nSPS) is 20.2. The number of aliphatic carboxylic acids is 1. The number of carbonyl (C=O) groups excluding carboxylic acids is 1. The number of carboxylic acid groups (broad SMARTS) is 1. The number of sulfonamides is 1. The number of hydrogen-bond donors (Lipinski definition) is 4. The Bertz CT molecular complexity index is 1470. The summed E-state index contributed by atoms with van der Waals surface area (Å²) in [5, 5.41) is 17.6. The zero-order valence-electron chi connectivity index (χ0n) is 23.5. The van der Waals surface area contributed by atoms with Crippen molar-refractivity contribution < 1.29 is 27.9 Å². The first kappa shape index (κ1) is 30.4. The van der Waals surface area contributed by atoms with Crippen molar-refractivity contribution in [2.75, 3.05) is 33.9 Å². The minimum atomic E-state index is -4.21. The van der Waals surface area contributed by atoms with E-state index in [-0.39, 0.29) is 36.2 Å². The van der Waals surface area contributed by atoms with E-state index in [1.165, 1.54) is 11.0 Å². The van der Waals surface area contributed by atoms with Gasteiger partial charge in [-0.3, -0.25) is 15.1 Å². The van der Waals surface area contributed by atoms with Gasteiger partial charge >= 0.3 is 5.97 Å². The number of amides is 1. The van der Waals surface area contributed by atoms with E-state index in [0.717, 1.165) is 29.7 Å². The van der Waals surface area contributed by atoms with E-state index >= 15 is 0 Å². The number of rotatable bonds is 10. The highest BCUT2D eigenvalue weighted by molar-refractivity contribution is 7.89. The van der Waals surface area contributed by atoms with Crippen molar-refractivity contribution in [2.45, 2.75) is 49.2 Å². The Morgan fingerprint density at radius 2 is 2.00 bits per heavy atom. The number of nitrogens with one attached hydrogen (secondary N) is 2.